The topological polar surface area (TPSA) is 87.3 Å². The van der Waals surface area contributed by atoms with Gasteiger partial charge in [-0.15, -0.1) is 0 Å². The monoisotopic (exact) mass is 371 g/mol. The molecule has 2 aromatic carbocycles. The SMILES string of the molecule is Cc1c(Cl)cccc1NC(=O)CNC(=O)C1CC(=O)Nc2ccccc21. The van der Waals surface area contributed by atoms with Crippen molar-refractivity contribution in [3.63, 3.8) is 0 Å². The highest BCUT2D eigenvalue weighted by atomic mass is 35.5. The van der Waals surface area contributed by atoms with E-state index in [0.717, 1.165) is 11.1 Å². The molecule has 2 aromatic rings. The summed E-state index contributed by atoms with van der Waals surface area (Å²) in [5.41, 5.74) is 2.73. The number of para-hydroxylation sites is 1. The number of anilines is 2. The zero-order valence-corrected chi connectivity index (χ0v) is 14.9. The third-order valence-corrected chi connectivity index (χ3v) is 4.69. The van der Waals surface area contributed by atoms with Gasteiger partial charge in [-0.3, -0.25) is 14.4 Å². The van der Waals surface area contributed by atoms with Gasteiger partial charge in [0.25, 0.3) is 0 Å². The maximum Gasteiger partial charge on any atom is 0.243 e. The molecular formula is C19H18ClN3O3. The van der Waals surface area contributed by atoms with Crippen molar-refractivity contribution in [2.24, 2.45) is 0 Å². The van der Waals surface area contributed by atoms with Crippen LogP contribution in [-0.4, -0.2) is 24.3 Å². The largest absolute Gasteiger partial charge is 0.346 e. The highest BCUT2D eigenvalue weighted by Crippen LogP contribution is 2.31. The van der Waals surface area contributed by atoms with Crippen molar-refractivity contribution < 1.29 is 14.4 Å². The van der Waals surface area contributed by atoms with Crippen LogP contribution in [0.2, 0.25) is 5.02 Å². The molecule has 7 heteroatoms. The predicted molar refractivity (Wildman–Crippen MR) is 100 cm³/mol. The van der Waals surface area contributed by atoms with Gasteiger partial charge in [-0.2, -0.15) is 0 Å². The van der Waals surface area contributed by atoms with E-state index < -0.39 is 5.92 Å². The minimum absolute atomic E-state index is 0.0534. The van der Waals surface area contributed by atoms with Gasteiger partial charge in [0, 0.05) is 22.8 Å². The molecule has 6 nitrogen and oxygen atoms in total. The molecule has 1 aliphatic rings. The van der Waals surface area contributed by atoms with E-state index in [9.17, 15) is 14.4 Å². The zero-order chi connectivity index (χ0) is 18.7. The molecule has 0 spiro atoms. The van der Waals surface area contributed by atoms with E-state index in [0.29, 0.717) is 16.4 Å². The average molecular weight is 372 g/mol. The van der Waals surface area contributed by atoms with Gasteiger partial charge in [-0.1, -0.05) is 35.9 Å². The fourth-order valence-corrected chi connectivity index (χ4v) is 3.05. The summed E-state index contributed by atoms with van der Waals surface area (Å²) in [6.07, 6.45) is 0.0534. The number of amides is 3. The van der Waals surface area contributed by atoms with E-state index in [4.69, 9.17) is 11.6 Å². The van der Waals surface area contributed by atoms with Crippen molar-refractivity contribution in [1.29, 1.82) is 0 Å². The second-order valence-electron chi connectivity index (χ2n) is 6.07. The van der Waals surface area contributed by atoms with E-state index in [1.807, 2.05) is 6.07 Å². The Morgan fingerprint density at radius 2 is 1.96 bits per heavy atom. The lowest BCUT2D eigenvalue weighted by Crippen LogP contribution is -2.38. The molecule has 0 bridgehead atoms. The lowest BCUT2D eigenvalue weighted by Gasteiger charge is -2.24. The Bertz CT molecular complexity index is 882. The molecule has 3 amide bonds. The van der Waals surface area contributed by atoms with E-state index in [1.54, 1.807) is 43.3 Å². The van der Waals surface area contributed by atoms with E-state index in [1.165, 1.54) is 0 Å². The second kappa shape index (κ2) is 7.58. The van der Waals surface area contributed by atoms with Gasteiger partial charge in [-0.05, 0) is 36.2 Å². The van der Waals surface area contributed by atoms with Crippen LogP contribution in [0.5, 0.6) is 0 Å². The molecular weight excluding hydrogens is 354 g/mol. The smallest absolute Gasteiger partial charge is 0.243 e. The second-order valence-corrected chi connectivity index (χ2v) is 6.48. The molecule has 3 N–H and O–H groups in total. The predicted octanol–water partition coefficient (Wildman–Crippen LogP) is 2.83. The molecule has 3 rings (SSSR count). The van der Waals surface area contributed by atoms with E-state index in [2.05, 4.69) is 16.0 Å². The van der Waals surface area contributed by atoms with Gasteiger partial charge < -0.3 is 16.0 Å². The lowest BCUT2D eigenvalue weighted by molar-refractivity contribution is -0.127. The van der Waals surface area contributed by atoms with Crippen molar-refractivity contribution in [1.82, 2.24) is 5.32 Å². The Morgan fingerprint density at radius 1 is 1.19 bits per heavy atom. The molecule has 1 aliphatic heterocycles. The Morgan fingerprint density at radius 3 is 2.77 bits per heavy atom. The number of hydrogen-bond acceptors (Lipinski definition) is 3. The number of carbonyl (C=O) groups excluding carboxylic acids is 3. The summed E-state index contributed by atoms with van der Waals surface area (Å²) in [7, 11) is 0. The number of fused-ring (bicyclic) bond motifs is 1. The van der Waals surface area contributed by atoms with E-state index in [-0.39, 0.29) is 30.7 Å². The lowest BCUT2D eigenvalue weighted by atomic mass is 9.90. The first-order valence-electron chi connectivity index (χ1n) is 8.17. The van der Waals surface area contributed by atoms with Gasteiger partial charge in [0.2, 0.25) is 17.7 Å². The fourth-order valence-electron chi connectivity index (χ4n) is 2.87. The standard InChI is InChI=1S/C19H18ClN3O3/c1-11-14(20)6-4-8-15(11)22-18(25)10-21-19(26)13-9-17(24)23-16-7-3-2-5-12(13)16/h2-8,13H,9-10H2,1H3,(H,21,26)(H,22,25)(H,23,24). The van der Waals surface area contributed by atoms with Gasteiger partial charge in [0.1, 0.15) is 0 Å². The molecule has 1 heterocycles. The fraction of sp³-hybridized carbons (Fsp3) is 0.211. The van der Waals surface area contributed by atoms with Crippen LogP contribution in [0.15, 0.2) is 42.5 Å². The normalized spacial score (nSPS) is 15.6. The Hall–Kier alpha value is -2.86. The van der Waals surface area contributed by atoms with Crippen LogP contribution in [0.4, 0.5) is 11.4 Å². The van der Waals surface area contributed by atoms with Crippen LogP contribution in [0, 0.1) is 6.92 Å². The number of benzene rings is 2. The van der Waals surface area contributed by atoms with Crippen molar-refractivity contribution in [2.75, 3.05) is 17.2 Å². The van der Waals surface area contributed by atoms with Crippen LogP contribution >= 0.6 is 11.6 Å². The zero-order valence-electron chi connectivity index (χ0n) is 14.1. The van der Waals surface area contributed by atoms with Gasteiger partial charge in [0.15, 0.2) is 0 Å². The average Bonchev–Trinajstić information content (AvgIpc) is 2.62. The summed E-state index contributed by atoms with van der Waals surface area (Å²) in [5.74, 6) is -1.55. The molecule has 0 aromatic heterocycles. The summed E-state index contributed by atoms with van der Waals surface area (Å²) in [4.78, 5) is 36.4. The molecule has 1 unspecified atom stereocenters. The van der Waals surface area contributed by atoms with Crippen molar-refractivity contribution in [3.8, 4) is 0 Å². The minimum atomic E-state index is -0.611. The highest BCUT2D eigenvalue weighted by molar-refractivity contribution is 6.31. The quantitative estimate of drug-likeness (QED) is 0.772. The Kier molecular flexibility index (Phi) is 5.23. The van der Waals surface area contributed by atoms with Crippen LogP contribution < -0.4 is 16.0 Å². The number of hydrogen-bond donors (Lipinski definition) is 3. The Balaban J connectivity index is 1.63. The van der Waals surface area contributed by atoms with Gasteiger partial charge >= 0.3 is 0 Å². The van der Waals surface area contributed by atoms with Crippen molar-refractivity contribution in [2.45, 2.75) is 19.3 Å². The number of halogens is 1. The number of nitrogens with one attached hydrogen (secondary N) is 3. The van der Waals surface area contributed by atoms with Crippen LogP contribution in [0.3, 0.4) is 0 Å². The summed E-state index contributed by atoms with van der Waals surface area (Å²) in [6.45, 7) is 1.61. The molecule has 134 valence electrons. The molecule has 0 fully saturated rings. The molecule has 0 aliphatic carbocycles. The third kappa shape index (κ3) is 3.86. The van der Waals surface area contributed by atoms with Crippen LogP contribution in [0.1, 0.15) is 23.5 Å². The third-order valence-electron chi connectivity index (χ3n) is 4.28. The van der Waals surface area contributed by atoms with E-state index >= 15 is 0 Å². The minimum Gasteiger partial charge on any atom is -0.346 e. The summed E-state index contributed by atoms with van der Waals surface area (Å²) in [6, 6.07) is 12.4. The van der Waals surface area contributed by atoms with Crippen LogP contribution in [0.25, 0.3) is 0 Å². The first kappa shape index (κ1) is 17.9. The molecule has 1 atom stereocenters. The first-order chi connectivity index (χ1) is 12.5. The maximum absolute atomic E-state index is 12.5. The Labute approximate surface area is 155 Å². The molecule has 0 saturated carbocycles. The first-order valence-corrected chi connectivity index (χ1v) is 8.55. The molecule has 0 saturated heterocycles. The summed E-state index contributed by atoms with van der Waals surface area (Å²) in [5, 5.41) is 8.62. The van der Waals surface area contributed by atoms with Gasteiger partial charge in [0.05, 0.1) is 12.5 Å². The van der Waals surface area contributed by atoms with Crippen LogP contribution in [-0.2, 0) is 14.4 Å². The number of carbonyl (C=O) groups is 3. The number of rotatable bonds is 4. The summed E-state index contributed by atoms with van der Waals surface area (Å²) >= 11 is 6.03. The molecule has 26 heavy (non-hydrogen) atoms. The van der Waals surface area contributed by atoms with Crippen molar-refractivity contribution >= 4 is 40.7 Å². The molecule has 0 radical (unpaired) electrons. The summed E-state index contributed by atoms with van der Waals surface area (Å²) < 4.78 is 0. The maximum atomic E-state index is 12.5. The highest BCUT2D eigenvalue weighted by Gasteiger charge is 2.30. The van der Waals surface area contributed by atoms with Crippen molar-refractivity contribution in [3.05, 3.63) is 58.6 Å². The van der Waals surface area contributed by atoms with Gasteiger partial charge in [-0.25, -0.2) is 0 Å².